The molecule has 0 saturated carbocycles. The van der Waals surface area contributed by atoms with E-state index in [0.717, 1.165) is 60.8 Å². The van der Waals surface area contributed by atoms with Crippen LogP contribution >= 0.6 is 0 Å². The summed E-state index contributed by atoms with van der Waals surface area (Å²) >= 11 is 0. The van der Waals surface area contributed by atoms with Crippen LogP contribution in [-0.2, 0) is 6.18 Å². The molecule has 0 aromatic heterocycles. The van der Waals surface area contributed by atoms with Gasteiger partial charge in [0.15, 0.2) is 5.36 Å². The fraction of sp³-hybridized carbons (Fsp3) is 0.0345. The number of halogens is 3. The molecule has 0 unspecified atom stereocenters. The van der Waals surface area contributed by atoms with Crippen molar-refractivity contribution in [2.45, 2.75) is 6.18 Å². The van der Waals surface area contributed by atoms with Gasteiger partial charge in [-0.05, 0) is 63.0 Å². The summed E-state index contributed by atoms with van der Waals surface area (Å²) in [5.74, 6) is 0. The first kappa shape index (κ1) is 21.5. The predicted octanol–water partition coefficient (Wildman–Crippen LogP) is 6.98. The molecular formula is C29H13F3N4. The summed E-state index contributed by atoms with van der Waals surface area (Å²) in [5, 5.41) is 21.3. The van der Waals surface area contributed by atoms with Crippen molar-refractivity contribution in [2.24, 2.45) is 10.1 Å². The molecule has 7 heteroatoms. The highest BCUT2D eigenvalue weighted by Gasteiger charge is 2.30. The van der Waals surface area contributed by atoms with Crippen LogP contribution in [0.5, 0.6) is 0 Å². The Labute approximate surface area is 202 Å². The maximum absolute atomic E-state index is 13.0. The van der Waals surface area contributed by atoms with Gasteiger partial charge in [0, 0.05) is 21.5 Å². The molecule has 170 valence electrons. The number of nitrogens with zero attached hydrogens (tertiary/aromatic N) is 4. The first-order valence-corrected chi connectivity index (χ1v) is 10.9. The second-order valence-electron chi connectivity index (χ2n) is 8.43. The van der Waals surface area contributed by atoms with Crippen molar-refractivity contribution < 1.29 is 13.2 Å². The van der Waals surface area contributed by atoms with Gasteiger partial charge in [-0.1, -0.05) is 48.5 Å². The van der Waals surface area contributed by atoms with Gasteiger partial charge in [-0.15, -0.1) is 4.95 Å². The van der Waals surface area contributed by atoms with Gasteiger partial charge in [-0.2, -0.15) is 30.0 Å². The molecule has 0 saturated heterocycles. The van der Waals surface area contributed by atoms with Crippen molar-refractivity contribution in [3.63, 3.8) is 0 Å². The van der Waals surface area contributed by atoms with Gasteiger partial charge < -0.3 is 0 Å². The monoisotopic (exact) mass is 474 g/mol. The fourth-order valence-electron chi connectivity index (χ4n) is 4.99. The van der Waals surface area contributed by atoms with Crippen LogP contribution in [0.1, 0.15) is 5.56 Å². The van der Waals surface area contributed by atoms with E-state index < -0.39 is 11.7 Å². The molecule has 0 radical (unpaired) electrons. The van der Waals surface area contributed by atoms with Gasteiger partial charge in [0.2, 0.25) is 6.19 Å². The number of fused-ring (bicyclic) bond motifs is 6. The standard InChI is InChI=1S/C29H13F3N4/c1-34-36-28-24-12-17(16-6-9-18(10-7-16)29(30,31)32)8-11-20(24)23-13-25-22(14-26(23)28)19-4-2-3-5-21(19)27(25)35-15-33/h2-14H/b35-27+,36-28+. The summed E-state index contributed by atoms with van der Waals surface area (Å²) in [7, 11) is 0. The van der Waals surface area contributed by atoms with E-state index in [2.05, 4.69) is 15.0 Å². The van der Waals surface area contributed by atoms with Gasteiger partial charge in [0.05, 0.1) is 16.0 Å². The summed E-state index contributed by atoms with van der Waals surface area (Å²) in [5.41, 5.74) is 0.640. The van der Waals surface area contributed by atoms with Crippen LogP contribution in [0, 0.1) is 18.0 Å². The number of hydrogen-bond acceptors (Lipinski definition) is 3. The van der Waals surface area contributed by atoms with Crippen molar-refractivity contribution in [1.29, 1.82) is 5.26 Å². The highest BCUT2D eigenvalue weighted by atomic mass is 19.4. The topological polar surface area (TPSA) is 52.9 Å². The number of hydrogen-bond donors (Lipinski definition) is 0. The lowest BCUT2D eigenvalue weighted by Gasteiger charge is -2.08. The first-order chi connectivity index (χ1) is 17.4. The SMILES string of the molecule is [C-]#[N+]/N=c1\c2cc(-c3ccc(C(F)(F)F)cc3)ccc2c2cc3/c(=N/C#N)c4ccccc4c3cc12. The quantitative estimate of drug-likeness (QED) is 0.144. The Balaban J connectivity index is 1.67. The molecule has 0 bridgehead atoms. The number of alkyl halides is 3. The summed E-state index contributed by atoms with van der Waals surface area (Å²) in [6.45, 7) is 7.38. The van der Waals surface area contributed by atoms with Crippen molar-refractivity contribution >= 4 is 43.1 Å². The molecular weight excluding hydrogens is 461 g/mol. The van der Waals surface area contributed by atoms with E-state index in [-0.39, 0.29) is 0 Å². The third kappa shape index (κ3) is 3.14. The van der Waals surface area contributed by atoms with E-state index in [1.165, 1.54) is 12.1 Å². The largest absolute Gasteiger partial charge is 0.416 e. The zero-order chi connectivity index (χ0) is 25.0. The molecule has 6 aromatic rings. The zero-order valence-electron chi connectivity index (χ0n) is 18.4. The lowest BCUT2D eigenvalue weighted by atomic mass is 10.0. The molecule has 0 fully saturated rings. The molecule has 36 heavy (non-hydrogen) atoms. The van der Waals surface area contributed by atoms with Gasteiger partial charge in [0.25, 0.3) is 0 Å². The Morgan fingerprint density at radius 3 is 1.89 bits per heavy atom. The Morgan fingerprint density at radius 1 is 0.667 bits per heavy atom. The van der Waals surface area contributed by atoms with Gasteiger partial charge >= 0.3 is 6.18 Å². The minimum Gasteiger partial charge on any atom is -0.181 e. The van der Waals surface area contributed by atoms with Crippen molar-refractivity contribution in [3.8, 4) is 17.3 Å². The molecule has 6 aromatic carbocycles. The van der Waals surface area contributed by atoms with E-state index in [9.17, 15) is 18.4 Å². The molecule has 6 rings (SSSR count). The molecule has 0 atom stereocenters. The Bertz CT molecular complexity index is 2050. The average Bonchev–Trinajstić information content (AvgIpc) is 3.35. The Morgan fingerprint density at radius 2 is 1.25 bits per heavy atom. The van der Waals surface area contributed by atoms with E-state index in [1.807, 2.05) is 60.8 Å². The van der Waals surface area contributed by atoms with Gasteiger partial charge in [-0.3, -0.25) is 0 Å². The lowest BCUT2D eigenvalue weighted by Crippen LogP contribution is -2.04. The molecule has 0 spiro atoms. The predicted molar refractivity (Wildman–Crippen MR) is 133 cm³/mol. The number of benzene rings is 4. The minimum atomic E-state index is -4.40. The average molecular weight is 474 g/mol. The first-order valence-electron chi connectivity index (χ1n) is 10.9. The molecule has 0 aliphatic rings. The molecule has 4 nitrogen and oxygen atoms in total. The third-order valence-electron chi connectivity index (χ3n) is 6.56. The maximum Gasteiger partial charge on any atom is 0.416 e. The van der Waals surface area contributed by atoms with Gasteiger partial charge in [0.1, 0.15) is 0 Å². The van der Waals surface area contributed by atoms with Crippen LogP contribution < -0.4 is 10.7 Å². The normalized spacial score (nSPS) is 13.1. The van der Waals surface area contributed by atoms with E-state index >= 15 is 0 Å². The molecule has 0 heterocycles. The van der Waals surface area contributed by atoms with Crippen LogP contribution in [0.25, 0.3) is 59.2 Å². The van der Waals surface area contributed by atoms with Crippen LogP contribution in [0.15, 0.2) is 89.0 Å². The fourth-order valence-corrected chi connectivity index (χ4v) is 4.99. The second kappa shape index (κ2) is 7.76. The highest BCUT2D eigenvalue weighted by molar-refractivity contribution is 6.21. The molecule has 0 aliphatic heterocycles. The zero-order valence-corrected chi connectivity index (χ0v) is 18.4. The minimum absolute atomic E-state index is 0.509. The highest BCUT2D eigenvalue weighted by Crippen LogP contribution is 2.35. The van der Waals surface area contributed by atoms with E-state index in [1.54, 1.807) is 0 Å². The Hall–Kier alpha value is -5.01. The molecule has 0 amide bonds. The Kier molecular flexibility index (Phi) is 4.64. The smallest absolute Gasteiger partial charge is 0.181 e. The summed E-state index contributed by atoms with van der Waals surface area (Å²) in [4.78, 5) is 7.37. The van der Waals surface area contributed by atoms with Crippen LogP contribution in [0.3, 0.4) is 0 Å². The number of rotatable bonds is 1. The summed E-state index contributed by atoms with van der Waals surface area (Å²) < 4.78 is 39.0. The number of nitriles is 1. The van der Waals surface area contributed by atoms with Crippen LogP contribution in [0.4, 0.5) is 13.2 Å². The molecule has 0 aliphatic carbocycles. The third-order valence-corrected chi connectivity index (χ3v) is 6.56. The van der Waals surface area contributed by atoms with Crippen molar-refractivity contribution in [1.82, 2.24) is 0 Å². The van der Waals surface area contributed by atoms with Crippen molar-refractivity contribution in [3.05, 3.63) is 107 Å². The van der Waals surface area contributed by atoms with E-state index in [4.69, 9.17) is 6.57 Å². The maximum atomic E-state index is 13.0. The van der Waals surface area contributed by atoms with E-state index in [0.29, 0.717) is 16.3 Å². The lowest BCUT2D eigenvalue weighted by molar-refractivity contribution is -0.137. The van der Waals surface area contributed by atoms with Crippen LogP contribution in [-0.4, -0.2) is 0 Å². The summed E-state index contributed by atoms with van der Waals surface area (Å²) in [6, 6.07) is 22.3. The van der Waals surface area contributed by atoms with Crippen molar-refractivity contribution in [2.75, 3.05) is 0 Å². The van der Waals surface area contributed by atoms with Gasteiger partial charge in [-0.25, -0.2) is 0 Å². The van der Waals surface area contributed by atoms with Crippen LogP contribution in [0.2, 0.25) is 0 Å². The second-order valence-corrected chi connectivity index (χ2v) is 8.43. The molecule has 0 N–H and O–H groups in total. The summed E-state index contributed by atoms with van der Waals surface area (Å²) in [6.07, 6.45) is -2.50.